The zero-order valence-corrected chi connectivity index (χ0v) is 15.5. The zero-order chi connectivity index (χ0) is 18.8. The Labute approximate surface area is 161 Å². The number of hydrogen-bond donors (Lipinski definition) is 1. The maximum absolute atomic E-state index is 12.4. The molecule has 1 N–H and O–H groups in total. The Morgan fingerprint density at radius 1 is 1.15 bits per heavy atom. The van der Waals surface area contributed by atoms with Crippen molar-refractivity contribution in [3.8, 4) is 0 Å². The average molecular weight is 380 g/mol. The number of nitrogens with one attached hydrogen (secondary N) is 1. The lowest BCUT2D eigenvalue weighted by molar-refractivity contribution is 0.0909. The Kier molecular flexibility index (Phi) is 4.69. The summed E-state index contributed by atoms with van der Waals surface area (Å²) in [6.07, 6.45) is 1.48. The van der Waals surface area contributed by atoms with Gasteiger partial charge in [-0.3, -0.25) is 4.79 Å². The molecule has 5 nitrogen and oxygen atoms in total. The van der Waals surface area contributed by atoms with E-state index in [9.17, 15) is 4.79 Å². The summed E-state index contributed by atoms with van der Waals surface area (Å²) in [5.74, 6) is 0.797. The monoisotopic (exact) mass is 379 g/mol. The second-order valence-electron chi connectivity index (χ2n) is 6.34. The minimum atomic E-state index is -0.290. The number of halogens is 1. The molecule has 6 heteroatoms. The van der Waals surface area contributed by atoms with Gasteiger partial charge in [0.2, 0.25) is 0 Å². The predicted molar refractivity (Wildman–Crippen MR) is 105 cm³/mol. The second kappa shape index (κ2) is 7.29. The van der Waals surface area contributed by atoms with Crippen molar-refractivity contribution in [2.45, 2.75) is 19.5 Å². The van der Waals surface area contributed by atoms with E-state index in [0.717, 1.165) is 22.4 Å². The number of para-hydroxylation sites is 2. The molecule has 2 heterocycles. The van der Waals surface area contributed by atoms with Gasteiger partial charge < -0.3 is 14.3 Å². The quantitative estimate of drug-likeness (QED) is 0.540. The van der Waals surface area contributed by atoms with E-state index in [1.807, 2.05) is 55.5 Å². The van der Waals surface area contributed by atoms with Crippen LogP contribution in [-0.4, -0.2) is 15.5 Å². The normalized spacial score (nSPS) is 12.2. The van der Waals surface area contributed by atoms with E-state index >= 15 is 0 Å². The van der Waals surface area contributed by atoms with Crippen LogP contribution in [0.15, 0.2) is 71.3 Å². The van der Waals surface area contributed by atoms with E-state index in [1.165, 1.54) is 6.26 Å². The lowest BCUT2D eigenvalue weighted by Gasteiger charge is -2.16. The average Bonchev–Trinajstić information content (AvgIpc) is 3.32. The molecule has 0 spiro atoms. The Morgan fingerprint density at radius 2 is 1.93 bits per heavy atom. The van der Waals surface area contributed by atoms with Gasteiger partial charge in [-0.15, -0.1) is 0 Å². The molecule has 0 radical (unpaired) electrons. The fraction of sp³-hybridized carbons (Fsp3) is 0.143. The van der Waals surface area contributed by atoms with Gasteiger partial charge in [0.25, 0.3) is 5.91 Å². The number of hydrogen-bond acceptors (Lipinski definition) is 3. The van der Waals surface area contributed by atoms with Crippen molar-refractivity contribution in [2.75, 3.05) is 0 Å². The van der Waals surface area contributed by atoms with Crippen molar-refractivity contribution in [3.05, 3.63) is 89.1 Å². The van der Waals surface area contributed by atoms with Gasteiger partial charge in [0, 0.05) is 11.6 Å². The first-order chi connectivity index (χ1) is 13.1. The number of fused-ring (bicyclic) bond motifs is 1. The van der Waals surface area contributed by atoms with E-state index in [1.54, 1.807) is 12.1 Å². The molecule has 4 aromatic rings. The van der Waals surface area contributed by atoms with E-state index in [4.69, 9.17) is 21.0 Å². The summed E-state index contributed by atoms with van der Waals surface area (Å²) in [7, 11) is 0. The maximum Gasteiger partial charge on any atom is 0.287 e. The molecule has 0 aliphatic rings. The van der Waals surface area contributed by atoms with E-state index in [2.05, 4.69) is 9.88 Å². The van der Waals surface area contributed by atoms with Crippen LogP contribution in [0, 0.1) is 0 Å². The van der Waals surface area contributed by atoms with Gasteiger partial charge in [-0.1, -0.05) is 35.9 Å². The van der Waals surface area contributed by atoms with Gasteiger partial charge in [-0.2, -0.15) is 0 Å². The molecule has 27 heavy (non-hydrogen) atoms. The standard InChI is InChI=1S/C21H18ClN3O2/c1-14(23-21(26)19-7-4-12-27-19)20-24-17-5-2-3-6-18(17)25(20)13-15-8-10-16(22)11-9-15/h2-12,14H,13H2,1H3,(H,23,26). The molecule has 1 amide bonds. The Hall–Kier alpha value is -3.05. The van der Waals surface area contributed by atoms with Crippen molar-refractivity contribution in [1.82, 2.24) is 14.9 Å². The number of aromatic nitrogens is 2. The summed E-state index contributed by atoms with van der Waals surface area (Å²) < 4.78 is 7.29. The molecule has 2 aromatic carbocycles. The predicted octanol–water partition coefficient (Wildman–Crippen LogP) is 4.82. The van der Waals surface area contributed by atoms with Gasteiger partial charge in [0.05, 0.1) is 23.3 Å². The number of furan rings is 1. The van der Waals surface area contributed by atoms with Crippen LogP contribution < -0.4 is 5.32 Å². The van der Waals surface area contributed by atoms with Crippen LogP contribution in [0.25, 0.3) is 11.0 Å². The van der Waals surface area contributed by atoms with Crippen LogP contribution in [-0.2, 0) is 6.54 Å². The van der Waals surface area contributed by atoms with Crippen LogP contribution in [0.3, 0.4) is 0 Å². The van der Waals surface area contributed by atoms with Crippen molar-refractivity contribution in [2.24, 2.45) is 0 Å². The number of imidazole rings is 1. The third-order valence-electron chi connectivity index (χ3n) is 4.42. The van der Waals surface area contributed by atoms with Gasteiger partial charge in [-0.25, -0.2) is 4.98 Å². The minimum Gasteiger partial charge on any atom is -0.459 e. The maximum atomic E-state index is 12.4. The molecule has 0 saturated carbocycles. The molecular weight excluding hydrogens is 362 g/mol. The summed E-state index contributed by atoms with van der Waals surface area (Å²) in [4.78, 5) is 17.1. The number of benzene rings is 2. The summed E-state index contributed by atoms with van der Waals surface area (Å²) >= 11 is 6.00. The molecule has 0 aliphatic heterocycles. The molecular formula is C21H18ClN3O2. The lowest BCUT2D eigenvalue weighted by atomic mass is 10.2. The first kappa shape index (κ1) is 17.4. The topological polar surface area (TPSA) is 60.1 Å². The van der Waals surface area contributed by atoms with Crippen LogP contribution in [0.2, 0.25) is 5.02 Å². The summed E-state index contributed by atoms with van der Waals surface area (Å²) in [5.41, 5.74) is 3.01. The van der Waals surface area contributed by atoms with Crippen LogP contribution in [0.4, 0.5) is 0 Å². The number of carbonyl (C=O) groups is 1. The Balaban J connectivity index is 1.68. The van der Waals surface area contributed by atoms with Gasteiger partial charge in [0.15, 0.2) is 5.76 Å². The molecule has 4 rings (SSSR count). The van der Waals surface area contributed by atoms with Crippen LogP contribution in [0.1, 0.15) is 34.9 Å². The molecule has 0 fully saturated rings. The second-order valence-corrected chi connectivity index (χ2v) is 6.78. The SMILES string of the molecule is CC(NC(=O)c1ccco1)c1nc2ccccc2n1Cc1ccc(Cl)cc1. The van der Waals surface area contributed by atoms with Crippen molar-refractivity contribution < 1.29 is 9.21 Å². The fourth-order valence-electron chi connectivity index (χ4n) is 3.10. The molecule has 0 bridgehead atoms. The van der Waals surface area contributed by atoms with E-state index < -0.39 is 0 Å². The number of amides is 1. The third-order valence-corrected chi connectivity index (χ3v) is 4.67. The van der Waals surface area contributed by atoms with Crippen molar-refractivity contribution in [3.63, 3.8) is 0 Å². The Bertz CT molecular complexity index is 1070. The molecule has 1 atom stereocenters. The smallest absolute Gasteiger partial charge is 0.287 e. The van der Waals surface area contributed by atoms with Gasteiger partial charge in [0.1, 0.15) is 5.82 Å². The number of carbonyl (C=O) groups excluding carboxylic acids is 1. The van der Waals surface area contributed by atoms with Gasteiger partial charge in [-0.05, 0) is 48.9 Å². The van der Waals surface area contributed by atoms with Crippen molar-refractivity contribution >= 4 is 28.5 Å². The third kappa shape index (κ3) is 3.59. The highest BCUT2D eigenvalue weighted by Crippen LogP contribution is 2.23. The van der Waals surface area contributed by atoms with E-state index in [0.29, 0.717) is 11.6 Å². The lowest BCUT2D eigenvalue weighted by Crippen LogP contribution is -2.28. The van der Waals surface area contributed by atoms with Crippen molar-refractivity contribution in [1.29, 1.82) is 0 Å². The summed E-state index contributed by atoms with van der Waals surface area (Å²) in [6, 6.07) is 18.7. The first-order valence-electron chi connectivity index (χ1n) is 8.66. The molecule has 136 valence electrons. The number of nitrogens with zero attached hydrogens (tertiary/aromatic N) is 2. The van der Waals surface area contributed by atoms with Crippen LogP contribution in [0.5, 0.6) is 0 Å². The molecule has 0 aliphatic carbocycles. The fourth-order valence-corrected chi connectivity index (χ4v) is 3.23. The highest BCUT2D eigenvalue weighted by atomic mass is 35.5. The van der Waals surface area contributed by atoms with Gasteiger partial charge >= 0.3 is 0 Å². The summed E-state index contributed by atoms with van der Waals surface area (Å²) in [5, 5.41) is 3.66. The number of rotatable bonds is 5. The van der Waals surface area contributed by atoms with E-state index in [-0.39, 0.29) is 17.7 Å². The largest absolute Gasteiger partial charge is 0.459 e. The molecule has 0 saturated heterocycles. The highest BCUT2D eigenvalue weighted by Gasteiger charge is 2.20. The minimum absolute atomic E-state index is 0.266. The first-order valence-corrected chi connectivity index (χ1v) is 9.03. The Morgan fingerprint density at radius 3 is 2.67 bits per heavy atom. The molecule has 2 aromatic heterocycles. The highest BCUT2D eigenvalue weighted by molar-refractivity contribution is 6.30. The van der Waals surface area contributed by atoms with Crippen LogP contribution >= 0.6 is 11.6 Å². The summed E-state index contributed by atoms with van der Waals surface area (Å²) in [6.45, 7) is 2.55. The molecule has 1 unspecified atom stereocenters. The zero-order valence-electron chi connectivity index (χ0n) is 14.7.